The van der Waals surface area contributed by atoms with Crippen LogP contribution < -0.4 is 4.74 Å². The van der Waals surface area contributed by atoms with Gasteiger partial charge in [0.1, 0.15) is 11.6 Å². The molecule has 0 N–H and O–H groups in total. The maximum absolute atomic E-state index is 13.3. The van der Waals surface area contributed by atoms with Crippen LogP contribution in [0.2, 0.25) is 0 Å². The highest BCUT2D eigenvalue weighted by Gasteiger charge is 2.32. The van der Waals surface area contributed by atoms with Crippen LogP contribution in [-0.2, 0) is 13.1 Å². The largest absolute Gasteiger partial charge is 0.497 e. The predicted molar refractivity (Wildman–Crippen MR) is 127 cm³/mol. The van der Waals surface area contributed by atoms with E-state index < -0.39 is 0 Å². The van der Waals surface area contributed by atoms with Gasteiger partial charge >= 0.3 is 0 Å². The number of methoxy groups -OCH3 is 1. The highest BCUT2D eigenvalue weighted by Crippen LogP contribution is 2.33. The van der Waals surface area contributed by atoms with Crippen LogP contribution >= 0.6 is 15.9 Å². The zero-order valence-electron chi connectivity index (χ0n) is 18.2. The monoisotopic (exact) mass is 490 g/mol. The molecule has 32 heavy (non-hydrogen) atoms. The first kappa shape index (κ1) is 20.6. The van der Waals surface area contributed by atoms with Gasteiger partial charge < -0.3 is 14.2 Å². The molecule has 1 aliphatic rings. The van der Waals surface area contributed by atoms with E-state index in [1.165, 1.54) is 11.1 Å². The van der Waals surface area contributed by atoms with Gasteiger partial charge in [0, 0.05) is 22.4 Å². The number of aromatic nitrogens is 3. The van der Waals surface area contributed by atoms with Crippen molar-refractivity contribution in [1.29, 1.82) is 0 Å². The number of fused-ring (bicyclic) bond motifs is 1. The number of carbonyl (C=O) groups is 1. The molecule has 2 aromatic heterocycles. The van der Waals surface area contributed by atoms with Gasteiger partial charge in [-0.15, -0.1) is 0 Å². The third-order valence-electron chi connectivity index (χ3n) is 6.00. The third-order valence-corrected chi connectivity index (χ3v) is 6.70. The zero-order valence-corrected chi connectivity index (χ0v) is 19.8. The van der Waals surface area contributed by atoms with Crippen LogP contribution in [0.1, 0.15) is 32.7 Å². The predicted octanol–water partition coefficient (Wildman–Crippen LogP) is 5.21. The number of carbonyl (C=O) groups excluding carboxylic acids is 1. The van der Waals surface area contributed by atoms with E-state index >= 15 is 0 Å². The van der Waals surface area contributed by atoms with Crippen LogP contribution in [0.3, 0.4) is 0 Å². The molecule has 0 saturated heterocycles. The Bertz CT molecular complexity index is 1320. The molecule has 0 unspecified atom stereocenters. The number of ether oxygens (including phenoxy) is 1. The van der Waals surface area contributed by atoms with Gasteiger partial charge in [0.05, 0.1) is 37.1 Å². The smallest absolute Gasteiger partial charge is 0.255 e. The van der Waals surface area contributed by atoms with Crippen molar-refractivity contribution in [3.8, 4) is 17.3 Å². The molecule has 162 valence electrons. The lowest BCUT2D eigenvalue weighted by atomic mass is 10.1. The van der Waals surface area contributed by atoms with Crippen molar-refractivity contribution < 1.29 is 9.53 Å². The van der Waals surface area contributed by atoms with Gasteiger partial charge in [0.15, 0.2) is 0 Å². The number of amides is 1. The third kappa shape index (κ3) is 3.42. The number of rotatable bonds is 4. The van der Waals surface area contributed by atoms with Gasteiger partial charge in [-0.1, -0.05) is 6.07 Å². The van der Waals surface area contributed by atoms with Gasteiger partial charge in [-0.3, -0.25) is 4.79 Å². The number of aryl methyl sites for hydroxylation is 2. The van der Waals surface area contributed by atoms with E-state index in [0.29, 0.717) is 24.4 Å². The molecule has 0 spiro atoms. The summed E-state index contributed by atoms with van der Waals surface area (Å²) >= 11 is 3.51. The summed E-state index contributed by atoms with van der Waals surface area (Å²) in [5.74, 6) is 1.57. The second kappa shape index (κ2) is 7.98. The van der Waals surface area contributed by atoms with Gasteiger partial charge in [-0.05, 0) is 83.4 Å². The van der Waals surface area contributed by atoms with E-state index in [1.807, 2.05) is 46.2 Å². The molecule has 0 aliphatic carbocycles. The Morgan fingerprint density at radius 1 is 1.03 bits per heavy atom. The lowest BCUT2D eigenvalue weighted by Crippen LogP contribution is -2.26. The van der Waals surface area contributed by atoms with E-state index in [1.54, 1.807) is 13.2 Å². The summed E-state index contributed by atoms with van der Waals surface area (Å²) in [4.78, 5) is 15.2. The summed E-state index contributed by atoms with van der Waals surface area (Å²) < 4.78 is 10.1. The van der Waals surface area contributed by atoms with Gasteiger partial charge in [-0.25, -0.2) is 4.68 Å². The molecule has 1 aliphatic heterocycles. The highest BCUT2D eigenvalue weighted by molar-refractivity contribution is 9.10. The molecule has 6 nitrogen and oxygen atoms in total. The van der Waals surface area contributed by atoms with E-state index in [2.05, 4.69) is 52.5 Å². The van der Waals surface area contributed by atoms with Crippen LogP contribution in [-0.4, -0.2) is 32.3 Å². The Hall–Kier alpha value is -3.32. The summed E-state index contributed by atoms with van der Waals surface area (Å²) in [6.45, 7) is 5.17. The average Bonchev–Trinajstić information content (AvgIpc) is 3.51. The van der Waals surface area contributed by atoms with Crippen molar-refractivity contribution >= 4 is 21.8 Å². The standard InChI is InChI=1S/C25H23BrN4O2/c1-16-6-7-18(12-17(16)2)30-24(28-10-4-5-11-28)21-14-29(15-23(21)27-30)25(31)20-13-19(32-3)8-9-22(20)26/h4-13H,14-15H2,1-3H3. The van der Waals surface area contributed by atoms with Crippen molar-refractivity contribution in [3.05, 3.63) is 93.3 Å². The lowest BCUT2D eigenvalue weighted by molar-refractivity contribution is 0.0748. The molecule has 4 aromatic rings. The Labute approximate surface area is 195 Å². The van der Waals surface area contributed by atoms with Crippen molar-refractivity contribution in [1.82, 2.24) is 19.2 Å². The zero-order chi connectivity index (χ0) is 22.4. The Balaban J connectivity index is 1.54. The van der Waals surface area contributed by atoms with E-state index in [9.17, 15) is 4.79 Å². The van der Waals surface area contributed by atoms with Crippen molar-refractivity contribution in [2.24, 2.45) is 0 Å². The molecule has 5 rings (SSSR count). The van der Waals surface area contributed by atoms with Crippen LogP contribution in [0.25, 0.3) is 11.5 Å². The topological polar surface area (TPSA) is 52.3 Å². The molecule has 1 amide bonds. The highest BCUT2D eigenvalue weighted by atomic mass is 79.9. The van der Waals surface area contributed by atoms with Gasteiger partial charge in [0.2, 0.25) is 0 Å². The number of hydrogen-bond donors (Lipinski definition) is 0. The Morgan fingerprint density at radius 2 is 1.81 bits per heavy atom. The summed E-state index contributed by atoms with van der Waals surface area (Å²) in [5.41, 5.74) is 6.04. The van der Waals surface area contributed by atoms with Crippen molar-refractivity contribution in [2.75, 3.05) is 7.11 Å². The summed E-state index contributed by atoms with van der Waals surface area (Å²) in [6.07, 6.45) is 4.02. The fourth-order valence-corrected chi connectivity index (χ4v) is 4.51. The summed E-state index contributed by atoms with van der Waals surface area (Å²) in [7, 11) is 1.60. The van der Waals surface area contributed by atoms with Crippen LogP contribution in [0.5, 0.6) is 5.75 Å². The molecule has 2 aromatic carbocycles. The minimum Gasteiger partial charge on any atom is -0.497 e. The fourth-order valence-electron chi connectivity index (χ4n) is 4.09. The first-order valence-electron chi connectivity index (χ1n) is 10.4. The van der Waals surface area contributed by atoms with Crippen LogP contribution in [0.15, 0.2) is 65.4 Å². The maximum Gasteiger partial charge on any atom is 0.255 e. The molecular formula is C25H23BrN4O2. The molecule has 0 fully saturated rings. The Kier molecular flexibility index (Phi) is 5.13. The molecule has 3 heterocycles. The minimum atomic E-state index is -0.0510. The minimum absolute atomic E-state index is 0.0510. The molecular weight excluding hydrogens is 468 g/mol. The molecule has 7 heteroatoms. The second-order valence-electron chi connectivity index (χ2n) is 8.03. The van der Waals surface area contributed by atoms with E-state index in [0.717, 1.165) is 27.2 Å². The van der Waals surface area contributed by atoms with Gasteiger partial charge in [0.25, 0.3) is 5.91 Å². The first-order chi connectivity index (χ1) is 15.5. The molecule has 0 saturated carbocycles. The van der Waals surface area contributed by atoms with Gasteiger partial charge in [-0.2, -0.15) is 5.10 Å². The van der Waals surface area contributed by atoms with Crippen molar-refractivity contribution in [3.63, 3.8) is 0 Å². The number of hydrogen-bond acceptors (Lipinski definition) is 3. The number of benzene rings is 2. The summed E-state index contributed by atoms with van der Waals surface area (Å²) in [6, 6.07) is 15.8. The fraction of sp³-hybridized carbons (Fsp3) is 0.200. The normalized spacial score (nSPS) is 12.8. The Morgan fingerprint density at radius 3 is 2.53 bits per heavy atom. The molecule has 0 atom stereocenters. The average molecular weight is 491 g/mol. The summed E-state index contributed by atoms with van der Waals surface area (Å²) in [5, 5.41) is 4.94. The van der Waals surface area contributed by atoms with E-state index in [4.69, 9.17) is 9.84 Å². The van der Waals surface area contributed by atoms with E-state index in [-0.39, 0.29) is 5.91 Å². The van der Waals surface area contributed by atoms with Crippen LogP contribution in [0, 0.1) is 13.8 Å². The molecule has 0 radical (unpaired) electrons. The second-order valence-corrected chi connectivity index (χ2v) is 8.88. The number of halogens is 1. The lowest BCUT2D eigenvalue weighted by Gasteiger charge is -2.19. The molecule has 0 bridgehead atoms. The quantitative estimate of drug-likeness (QED) is 0.394. The number of nitrogens with zero attached hydrogens (tertiary/aromatic N) is 4. The first-order valence-corrected chi connectivity index (χ1v) is 11.2. The SMILES string of the molecule is COc1ccc(Br)c(C(=O)N2Cc3nn(-c4ccc(C)c(C)c4)c(-n4cccc4)c3C2)c1. The van der Waals surface area contributed by atoms with Crippen molar-refractivity contribution in [2.45, 2.75) is 26.9 Å². The van der Waals surface area contributed by atoms with Crippen LogP contribution in [0.4, 0.5) is 0 Å². The maximum atomic E-state index is 13.3.